The van der Waals surface area contributed by atoms with Crippen LogP contribution in [0.3, 0.4) is 0 Å². The normalized spacial score (nSPS) is 8.42. The van der Waals surface area contributed by atoms with Crippen LogP contribution in [0.2, 0.25) is 0 Å². The molecule has 0 saturated carbocycles. The van der Waals surface area contributed by atoms with Crippen molar-refractivity contribution in [3.05, 3.63) is 88.8 Å². The first-order chi connectivity index (χ1) is 14.9. The summed E-state index contributed by atoms with van der Waals surface area (Å²) in [6.07, 6.45) is 0. The van der Waals surface area contributed by atoms with E-state index >= 15 is 0 Å². The van der Waals surface area contributed by atoms with Gasteiger partial charge in [0.05, 0.1) is 0 Å². The van der Waals surface area contributed by atoms with Crippen molar-refractivity contribution in [1.82, 2.24) is 0 Å². The third-order valence-corrected chi connectivity index (χ3v) is 3.82. The average molecular weight is 814 g/mol. The summed E-state index contributed by atoms with van der Waals surface area (Å²) in [5.41, 5.74) is 5.63. The van der Waals surface area contributed by atoms with E-state index in [4.69, 9.17) is 46.5 Å². The summed E-state index contributed by atoms with van der Waals surface area (Å²) in [5.74, 6) is 0. The Balaban J connectivity index is -0.0000000173. The maximum absolute atomic E-state index is 7.50. The van der Waals surface area contributed by atoms with E-state index in [1.54, 1.807) is 0 Å². The van der Waals surface area contributed by atoms with Gasteiger partial charge in [-0.2, -0.15) is 0 Å². The van der Waals surface area contributed by atoms with Crippen LogP contribution in [0.15, 0.2) is 22.3 Å². The molecule has 0 unspecified atom stereocenters. The van der Waals surface area contributed by atoms with Gasteiger partial charge < -0.3 is 9.24 Å². The third kappa shape index (κ3) is 49.1. The van der Waals surface area contributed by atoms with Crippen LogP contribution >= 0.6 is 9.24 Å². The monoisotopic (exact) mass is 814 g/mol. The summed E-state index contributed by atoms with van der Waals surface area (Å²) in [7, 11) is 4.64. The summed E-state index contributed by atoms with van der Waals surface area (Å²) in [6, 6.07) is 0. The molecule has 1 aliphatic rings. The summed E-state index contributed by atoms with van der Waals surface area (Å²) < 4.78 is 75.0. The molecule has 0 amide bonds. The van der Waals surface area contributed by atoms with Crippen molar-refractivity contribution in [3.63, 3.8) is 0 Å². The van der Waals surface area contributed by atoms with Crippen LogP contribution in [0.4, 0.5) is 0 Å². The van der Waals surface area contributed by atoms with Crippen LogP contribution in [0.25, 0.3) is 0 Å². The minimum atomic E-state index is 0. The van der Waals surface area contributed by atoms with E-state index in [9.17, 15) is 0 Å². The van der Waals surface area contributed by atoms with Gasteiger partial charge in [0.25, 0.3) is 0 Å². The Bertz CT molecular complexity index is 531. The van der Waals surface area contributed by atoms with Crippen molar-refractivity contribution in [2.75, 3.05) is 0 Å². The Hall–Kier alpha value is -1.31. The number of hydrogen-bond acceptors (Lipinski definition) is 0. The molecular weight excluding hydrogens is 799 g/mol. The Kier molecular flexibility index (Phi) is 227. The van der Waals surface area contributed by atoms with E-state index in [0.717, 1.165) is 0 Å². The molecule has 0 fully saturated rings. The Morgan fingerprint density at radius 3 is 0.576 bits per heavy atom. The maximum atomic E-state index is 7.50. The molecule has 33 heavy (non-hydrogen) atoms. The number of hydrogen-bond donors (Lipinski definition) is 0. The van der Waals surface area contributed by atoms with E-state index in [2.05, 4.69) is 110 Å². The molecule has 0 spiro atoms. The van der Waals surface area contributed by atoms with Crippen molar-refractivity contribution in [2.24, 2.45) is 0 Å². The van der Waals surface area contributed by atoms with Crippen molar-refractivity contribution in [2.45, 2.75) is 39.8 Å². The van der Waals surface area contributed by atoms with E-state index in [-0.39, 0.29) is 47.3 Å². The molecule has 0 radical (unpaired) electrons. The van der Waals surface area contributed by atoms with Crippen LogP contribution in [-0.4, -0.2) is 5.16 Å². The Morgan fingerprint density at radius 1 is 0.455 bits per heavy atom. The molecule has 0 N–H and O–H groups in total. The molecule has 0 bridgehead atoms. The average Bonchev–Trinajstić information content (AvgIpc) is 3.05. The van der Waals surface area contributed by atoms with Gasteiger partial charge in [0, 0.05) is 21.1 Å². The molecule has 0 atom stereocenters. The van der Waals surface area contributed by atoms with Crippen LogP contribution in [0.1, 0.15) is 34.6 Å². The zero-order valence-corrected chi connectivity index (χ0v) is 24.6. The third-order valence-electron chi connectivity index (χ3n) is 3.15. The van der Waals surface area contributed by atoms with Gasteiger partial charge in [-0.15, -0.1) is 18.1 Å². The van der Waals surface area contributed by atoms with Crippen molar-refractivity contribution < 1.29 is 88.7 Å². The van der Waals surface area contributed by atoms with Crippen LogP contribution in [-0.2, 0) is 88.7 Å². The van der Waals surface area contributed by atoms with Gasteiger partial charge in [-0.1, -0.05) is 11.1 Å². The van der Waals surface area contributed by atoms with Gasteiger partial charge in [-0.05, 0) is 27.7 Å². The standard InChI is InChI=1S/C10H15P.10CO.2W/c1-6-7(2)9(4)10(5,11)8(6)3;10*1-2;;/h1-5H3;;;;;;;;;;;;/q-2;;;;;;;;;;;;+2. The van der Waals surface area contributed by atoms with Crippen molar-refractivity contribution >= 4 is 9.24 Å². The second-order valence-electron chi connectivity index (χ2n) is 3.57. The molecule has 0 aliphatic heterocycles. The van der Waals surface area contributed by atoms with E-state index in [1.165, 1.54) is 22.3 Å². The minimum Gasteiger partial charge on any atom is 0 e. The topological polar surface area (TPSA) is 199 Å². The van der Waals surface area contributed by atoms with Gasteiger partial charge in [0.1, 0.15) is 0 Å². The number of rotatable bonds is 0. The van der Waals surface area contributed by atoms with Gasteiger partial charge in [0.15, 0.2) is 0 Å². The smallest absolute Gasteiger partial charge is 0 e. The Labute approximate surface area is 225 Å². The predicted molar refractivity (Wildman–Crippen MR) is 91.4 cm³/mol. The summed E-state index contributed by atoms with van der Waals surface area (Å²) in [6.45, 7) is 55.9. The van der Waals surface area contributed by atoms with Crippen LogP contribution in [0.5, 0.6) is 0 Å². The fraction of sp³-hybridized carbons (Fsp3) is 0.300. The summed E-state index contributed by atoms with van der Waals surface area (Å²) in [4.78, 5) is 0. The minimum absolute atomic E-state index is 0. The van der Waals surface area contributed by atoms with Crippen molar-refractivity contribution in [1.29, 1.82) is 0 Å². The molecule has 1 rings (SSSR count). The van der Waals surface area contributed by atoms with Gasteiger partial charge in [-0.25, -0.2) is 0 Å². The molecule has 0 aromatic carbocycles. The van der Waals surface area contributed by atoms with Gasteiger partial charge >= 0.3 is 134 Å². The van der Waals surface area contributed by atoms with Crippen LogP contribution < -0.4 is 0 Å². The van der Waals surface area contributed by atoms with E-state index in [0.29, 0.717) is 0 Å². The Morgan fingerprint density at radius 2 is 0.545 bits per heavy atom. The molecule has 10 nitrogen and oxygen atoms in total. The fourth-order valence-corrected chi connectivity index (χ4v) is 1.91. The summed E-state index contributed by atoms with van der Waals surface area (Å²) >= 11 is 0. The second-order valence-corrected chi connectivity index (χ2v) is 4.47. The maximum Gasteiger partial charge on any atom is 2.00 e. The first kappa shape index (κ1) is 77.0. The molecule has 13 heteroatoms. The fourth-order valence-electron chi connectivity index (χ4n) is 1.57. The molecular formula is C20H15O10PW2. The second kappa shape index (κ2) is 97.1. The molecule has 0 aromatic heterocycles. The van der Waals surface area contributed by atoms with Crippen LogP contribution in [0, 0.1) is 66.5 Å². The zero-order valence-electron chi connectivity index (χ0n) is 17.8. The predicted octanol–water partition coefficient (Wildman–Crippen LogP) is 3.46. The molecule has 1 aliphatic carbocycles. The molecule has 0 saturated heterocycles. The van der Waals surface area contributed by atoms with E-state index in [1.807, 2.05) is 0 Å². The zero-order chi connectivity index (χ0) is 28.8. The van der Waals surface area contributed by atoms with E-state index < -0.39 is 0 Å². The largest absolute Gasteiger partial charge is 2.00 e. The molecule has 0 heterocycles. The quantitative estimate of drug-likeness (QED) is 0.196. The first-order valence-electron chi connectivity index (χ1n) is 6.01. The number of allylic oxidation sites excluding steroid dienone is 4. The SMILES string of the molecule is CC1=C(C)C(C)([P-2])C(C)=C1C.[C-]#[O+].[C-]#[O+].[C-]#[O+].[C-]#[O+].[C-]#[O+].[C-]#[O+].[C-]#[O+].[C-]#[O+].[C-]#[O+].[C-]#[O+].[W+2].[W]. The van der Waals surface area contributed by atoms with Gasteiger partial charge in [-0.3, -0.25) is 5.16 Å². The van der Waals surface area contributed by atoms with Crippen molar-refractivity contribution in [3.8, 4) is 0 Å². The first-order valence-corrected chi connectivity index (χ1v) is 6.46. The summed E-state index contributed by atoms with van der Waals surface area (Å²) in [5, 5.41) is 0.00810. The molecule has 0 aromatic rings. The van der Waals surface area contributed by atoms with Gasteiger partial charge in [0.2, 0.25) is 0 Å². The molecule has 172 valence electrons.